The summed E-state index contributed by atoms with van der Waals surface area (Å²) < 4.78 is 5.83. The van der Waals surface area contributed by atoms with Crippen molar-refractivity contribution in [2.75, 3.05) is 31.1 Å². The molecule has 1 fully saturated rings. The van der Waals surface area contributed by atoms with Crippen molar-refractivity contribution in [2.24, 2.45) is 5.73 Å². The van der Waals surface area contributed by atoms with E-state index in [9.17, 15) is 0 Å². The van der Waals surface area contributed by atoms with Gasteiger partial charge >= 0.3 is 0 Å². The van der Waals surface area contributed by atoms with Crippen molar-refractivity contribution in [3.05, 3.63) is 24.5 Å². The molecular formula is C15H21N5O. The van der Waals surface area contributed by atoms with Gasteiger partial charge in [-0.2, -0.15) is 0 Å². The predicted molar refractivity (Wildman–Crippen MR) is 82.2 cm³/mol. The van der Waals surface area contributed by atoms with E-state index in [-0.39, 0.29) is 0 Å². The highest BCUT2D eigenvalue weighted by Crippen LogP contribution is 2.21. The number of nitrogens with two attached hydrogens (primary N) is 1. The summed E-state index contributed by atoms with van der Waals surface area (Å²) in [4.78, 5) is 15.4. The monoisotopic (exact) mass is 287 g/mol. The third-order valence-corrected chi connectivity index (χ3v) is 3.78. The van der Waals surface area contributed by atoms with Crippen molar-refractivity contribution in [3.8, 4) is 0 Å². The summed E-state index contributed by atoms with van der Waals surface area (Å²) >= 11 is 0. The zero-order valence-corrected chi connectivity index (χ0v) is 12.1. The number of hydrogen-bond acceptors (Lipinski definition) is 6. The minimum absolute atomic E-state index is 0.355. The lowest BCUT2D eigenvalue weighted by atomic mass is 10.1. The molecule has 0 amide bonds. The summed E-state index contributed by atoms with van der Waals surface area (Å²) in [6, 6.07) is 4.00. The summed E-state index contributed by atoms with van der Waals surface area (Å²) in [5.74, 6) is 0.975. The summed E-state index contributed by atoms with van der Waals surface area (Å²) in [5.41, 5.74) is 7.02. The van der Waals surface area contributed by atoms with Crippen molar-refractivity contribution in [2.45, 2.75) is 25.4 Å². The highest BCUT2D eigenvalue weighted by atomic mass is 16.5. The van der Waals surface area contributed by atoms with Crippen LogP contribution in [0.2, 0.25) is 0 Å². The van der Waals surface area contributed by atoms with Gasteiger partial charge < -0.3 is 15.4 Å². The lowest BCUT2D eigenvalue weighted by Crippen LogP contribution is -2.37. The topological polar surface area (TPSA) is 77.2 Å². The highest BCUT2D eigenvalue weighted by Gasteiger charge is 2.20. The van der Waals surface area contributed by atoms with Crippen LogP contribution in [0.5, 0.6) is 0 Å². The van der Waals surface area contributed by atoms with Crippen molar-refractivity contribution < 1.29 is 4.74 Å². The lowest BCUT2D eigenvalue weighted by Gasteiger charge is -2.32. The van der Waals surface area contributed by atoms with Crippen LogP contribution in [-0.4, -0.2) is 47.3 Å². The molecule has 0 unspecified atom stereocenters. The summed E-state index contributed by atoms with van der Waals surface area (Å²) in [6.07, 6.45) is 6.72. The first-order valence-corrected chi connectivity index (χ1v) is 7.51. The Labute approximate surface area is 124 Å². The molecule has 0 aliphatic carbocycles. The predicted octanol–water partition coefficient (Wildman–Crippen LogP) is 1.36. The van der Waals surface area contributed by atoms with Gasteiger partial charge in [0.15, 0.2) is 5.65 Å². The molecule has 0 atom stereocenters. The molecule has 112 valence electrons. The normalized spacial score (nSPS) is 16.5. The minimum Gasteiger partial charge on any atom is -0.378 e. The molecule has 0 bridgehead atoms. The number of aromatic nitrogens is 3. The van der Waals surface area contributed by atoms with Crippen molar-refractivity contribution in [1.82, 2.24) is 15.0 Å². The summed E-state index contributed by atoms with van der Waals surface area (Å²) in [5, 5.41) is 0. The Balaban J connectivity index is 1.60. The Kier molecular flexibility index (Phi) is 4.57. The van der Waals surface area contributed by atoms with E-state index in [2.05, 4.69) is 19.9 Å². The van der Waals surface area contributed by atoms with Crippen LogP contribution in [-0.2, 0) is 4.74 Å². The van der Waals surface area contributed by atoms with Crippen LogP contribution in [0.3, 0.4) is 0 Å². The fourth-order valence-corrected chi connectivity index (χ4v) is 2.61. The van der Waals surface area contributed by atoms with Crippen LogP contribution < -0.4 is 10.6 Å². The van der Waals surface area contributed by atoms with Crippen molar-refractivity contribution in [3.63, 3.8) is 0 Å². The average Bonchev–Trinajstić information content (AvgIpc) is 2.55. The van der Waals surface area contributed by atoms with E-state index < -0.39 is 0 Å². The maximum absolute atomic E-state index is 5.83. The third-order valence-electron chi connectivity index (χ3n) is 3.78. The van der Waals surface area contributed by atoms with Gasteiger partial charge in [0, 0.05) is 32.1 Å². The molecule has 6 heteroatoms. The number of fused-ring (bicyclic) bond motifs is 1. The molecule has 0 aromatic carbocycles. The van der Waals surface area contributed by atoms with E-state index in [0.29, 0.717) is 18.3 Å². The highest BCUT2D eigenvalue weighted by molar-refractivity contribution is 5.71. The van der Waals surface area contributed by atoms with Crippen LogP contribution in [0.25, 0.3) is 11.2 Å². The van der Waals surface area contributed by atoms with Gasteiger partial charge in [-0.3, -0.25) is 4.98 Å². The smallest absolute Gasteiger partial charge is 0.180 e. The fraction of sp³-hybridized carbons (Fsp3) is 0.533. The van der Waals surface area contributed by atoms with E-state index in [1.165, 1.54) is 0 Å². The van der Waals surface area contributed by atoms with Crippen molar-refractivity contribution in [1.29, 1.82) is 0 Å². The number of ether oxygens (including phenoxy) is 1. The SMILES string of the molecule is NCCCOC1CCN(c2ccc3nccnc3n2)CC1. The van der Waals surface area contributed by atoms with Gasteiger partial charge in [-0.05, 0) is 37.9 Å². The van der Waals surface area contributed by atoms with E-state index in [4.69, 9.17) is 10.5 Å². The lowest BCUT2D eigenvalue weighted by molar-refractivity contribution is 0.0365. The Morgan fingerprint density at radius 1 is 1.19 bits per heavy atom. The molecule has 0 saturated carbocycles. The largest absolute Gasteiger partial charge is 0.378 e. The van der Waals surface area contributed by atoms with E-state index >= 15 is 0 Å². The maximum atomic E-state index is 5.83. The van der Waals surface area contributed by atoms with Crippen LogP contribution >= 0.6 is 0 Å². The Morgan fingerprint density at radius 3 is 2.81 bits per heavy atom. The molecule has 1 aliphatic heterocycles. The van der Waals surface area contributed by atoms with Crippen LogP contribution in [0.4, 0.5) is 5.82 Å². The molecule has 2 aromatic rings. The molecule has 3 rings (SSSR count). The van der Waals surface area contributed by atoms with Crippen LogP contribution in [0.15, 0.2) is 24.5 Å². The molecule has 1 aliphatic rings. The molecule has 6 nitrogen and oxygen atoms in total. The maximum Gasteiger partial charge on any atom is 0.180 e. The van der Waals surface area contributed by atoms with Gasteiger partial charge in [0.25, 0.3) is 0 Å². The van der Waals surface area contributed by atoms with E-state index in [1.54, 1.807) is 12.4 Å². The number of nitrogens with zero attached hydrogens (tertiary/aromatic N) is 4. The first kappa shape index (κ1) is 14.2. The zero-order valence-electron chi connectivity index (χ0n) is 12.1. The molecule has 21 heavy (non-hydrogen) atoms. The van der Waals surface area contributed by atoms with Gasteiger partial charge in [-0.25, -0.2) is 9.97 Å². The molecular weight excluding hydrogens is 266 g/mol. The first-order valence-electron chi connectivity index (χ1n) is 7.51. The summed E-state index contributed by atoms with van der Waals surface area (Å²) in [7, 11) is 0. The van der Waals surface area contributed by atoms with Crippen LogP contribution in [0, 0.1) is 0 Å². The van der Waals surface area contributed by atoms with Gasteiger partial charge in [0.05, 0.1) is 6.10 Å². The number of hydrogen-bond donors (Lipinski definition) is 1. The number of pyridine rings is 1. The van der Waals surface area contributed by atoms with Gasteiger partial charge in [-0.15, -0.1) is 0 Å². The Bertz CT molecular complexity index is 583. The van der Waals surface area contributed by atoms with Gasteiger partial charge in [0.2, 0.25) is 0 Å². The number of rotatable bonds is 5. The minimum atomic E-state index is 0.355. The zero-order chi connectivity index (χ0) is 14.5. The fourth-order valence-electron chi connectivity index (χ4n) is 2.61. The quantitative estimate of drug-likeness (QED) is 0.837. The molecule has 0 radical (unpaired) electrons. The second-order valence-electron chi connectivity index (χ2n) is 5.27. The second kappa shape index (κ2) is 6.78. The van der Waals surface area contributed by atoms with E-state index in [1.807, 2.05) is 12.1 Å². The van der Waals surface area contributed by atoms with Crippen molar-refractivity contribution >= 4 is 17.0 Å². The summed E-state index contributed by atoms with van der Waals surface area (Å²) in [6.45, 7) is 3.39. The molecule has 3 heterocycles. The molecule has 1 saturated heterocycles. The first-order chi connectivity index (χ1) is 10.4. The standard InChI is InChI=1S/C15H21N5O/c16-6-1-11-21-12-4-9-20(10-5-12)14-3-2-13-15(19-14)18-8-7-17-13/h2-3,7-8,12H,1,4-6,9-11,16H2. The average molecular weight is 287 g/mol. The number of anilines is 1. The molecule has 2 aromatic heterocycles. The molecule has 0 spiro atoms. The Hall–Kier alpha value is -1.79. The molecule has 2 N–H and O–H groups in total. The number of piperidine rings is 1. The van der Waals surface area contributed by atoms with E-state index in [0.717, 1.165) is 50.3 Å². The van der Waals surface area contributed by atoms with Gasteiger partial charge in [-0.1, -0.05) is 0 Å². The Morgan fingerprint density at radius 2 is 2.00 bits per heavy atom. The van der Waals surface area contributed by atoms with Gasteiger partial charge in [0.1, 0.15) is 11.3 Å². The second-order valence-corrected chi connectivity index (χ2v) is 5.27. The van der Waals surface area contributed by atoms with Crippen LogP contribution in [0.1, 0.15) is 19.3 Å². The third kappa shape index (κ3) is 3.46.